The van der Waals surface area contributed by atoms with Crippen molar-refractivity contribution in [2.45, 2.75) is 25.3 Å². The standard InChI is InChI=1S/C25H28N4O2/c1-31-23-13-7-6-12-21(23)22(29-14-8-3-9-15-29)18-28-25(30)20-16-26-24(27-17-20)19-10-4-2-5-11-19/h2,4-7,10-13,16-17,22H,3,8-9,14-15,18H2,1H3,(H,28,30). The van der Waals surface area contributed by atoms with Gasteiger partial charge in [-0.3, -0.25) is 9.69 Å². The predicted molar refractivity (Wildman–Crippen MR) is 121 cm³/mol. The van der Waals surface area contributed by atoms with E-state index in [9.17, 15) is 4.79 Å². The minimum atomic E-state index is -0.170. The van der Waals surface area contributed by atoms with E-state index in [1.165, 1.54) is 19.3 Å². The van der Waals surface area contributed by atoms with Gasteiger partial charge >= 0.3 is 0 Å². The minimum absolute atomic E-state index is 0.0601. The molecule has 1 unspecified atom stereocenters. The number of piperidine rings is 1. The molecular formula is C25H28N4O2. The number of hydrogen-bond acceptors (Lipinski definition) is 5. The van der Waals surface area contributed by atoms with Gasteiger partial charge in [0.2, 0.25) is 0 Å². The van der Waals surface area contributed by atoms with Crippen LogP contribution in [0.25, 0.3) is 11.4 Å². The molecule has 0 radical (unpaired) electrons. The second kappa shape index (κ2) is 10.2. The van der Waals surface area contributed by atoms with E-state index in [0.717, 1.165) is 30.0 Å². The van der Waals surface area contributed by atoms with Crippen molar-refractivity contribution in [2.24, 2.45) is 0 Å². The molecular weight excluding hydrogens is 388 g/mol. The number of nitrogens with one attached hydrogen (secondary N) is 1. The Kier molecular flexibility index (Phi) is 6.89. The van der Waals surface area contributed by atoms with Crippen molar-refractivity contribution >= 4 is 5.91 Å². The Labute approximate surface area is 183 Å². The van der Waals surface area contributed by atoms with E-state index in [1.54, 1.807) is 19.5 Å². The van der Waals surface area contributed by atoms with Crippen LogP contribution >= 0.6 is 0 Å². The average Bonchev–Trinajstić information content (AvgIpc) is 2.85. The number of para-hydroxylation sites is 1. The number of nitrogens with zero attached hydrogens (tertiary/aromatic N) is 3. The molecule has 2 aromatic carbocycles. The lowest BCUT2D eigenvalue weighted by Gasteiger charge is -2.35. The zero-order valence-electron chi connectivity index (χ0n) is 17.8. The van der Waals surface area contributed by atoms with Crippen LogP contribution in [-0.4, -0.2) is 47.5 Å². The second-order valence-corrected chi connectivity index (χ2v) is 7.73. The third-order valence-corrected chi connectivity index (χ3v) is 5.73. The van der Waals surface area contributed by atoms with Crippen molar-refractivity contribution in [3.63, 3.8) is 0 Å². The Morgan fingerprint density at radius 3 is 2.39 bits per heavy atom. The molecule has 1 aliphatic heterocycles. The van der Waals surface area contributed by atoms with Crippen molar-refractivity contribution in [2.75, 3.05) is 26.7 Å². The molecule has 6 nitrogen and oxygen atoms in total. The van der Waals surface area contributed by atoms with Crippen LogP contribution in [0.5, 0.6) is 5.75 Å². The lowest BCUT2D eigenvalue weighted by Crippen LogP contribution is -2.40. The molecule has 4 rings (SSSR count). The summed E-state index contributed by atoms with van der Waals surface area (Å²) >= 11 is 0. The molecule has 6 heteroatoms. The molecule has 1 saturated heterocycles. The molecule has 1 aliphatic rings. The summed E-state index contributed by atoms with van der Waals surface area (Å²) in [6, 6.07) is 17.8. The molecule has 1 aromatic heterocycles. The first-order valence-corrected chi connectivity index (χ1v) is 10.8. The van der Waals surface area contributed by atoms with Crippen LogP contribution in [0.3, 0.4) is 0 Å². The smallest absolute Gasteiger partial charge is 0.254 e. The highest BCUT2D eigenvalue weighted by atomic mass is 16.5. The number of methoxy groups -OCH3 is 1. The van der Waals surface area contributed by atoms with E-state index in [-0.39, 0.29) is 11.9 Å². The van der Waals surface area contributed by atoms with Crippen LogP contribution in [0.15, 0.2) is 67.0 Å². The number of aromatic nitrogens is 2. The number of hydrogen-bond donors (Lipinski definition) is 1. The summed E-state index contributed by atoms with van der Waals surface area (Å²) < 4.78 is 5.60. The van der Waals surface area contributed by atoms with Crippen LogP contribution in [0.4, 0.5) is 0 Å². The number of ether oxygens (including phenoxy) is 1. The number of benzene rings is 2. The normalized spacial score (nSPS) is 15.3. The highest BCUT2D eigenvalue weighted by molar-refractivity contribution is 5.93. The molecule has 1 fully saturated rings. The molecule has 1 N–H and O–H groups in total. The first-order chi connectivity index (χ1) is 15.3. The Hall–Kier alpha value is -3.25. The molecule has 3 aromatic rings. The van der Waals surface area contributed by atoms with Gasteiger partial charge in [0, 0.05) is 30.1 Å². The fraction of sp³-hybridized carbons (Fsp3) is 0.320. The van der Waals surface area contributed by atoms with Gasteiger partial charge in [0.05, 0.1) is 18.7 Å². The maximum atomic E-state index is 12.8. The number of rotatable bonds is 7. The summed E-state index contributed by atoms with van der Waals surface area (Å²) in [5, 5.41) is 3.09. The van der Waals surface area contributed by atoms with Crippen LogP contribution in [0.2, 0.25) is 0 Å². The molecule has 0 saturated carbocycles. The highest BCUT2D eigenvalue weighted by Gasteiger charge is 2.25. The summed E-state index contributed by atoms with van der Waals surface area (Å²) in [4.78, 5) is 24.0. The van der Waals surface area contributed by atoms with Crippen LogP contribution < -0.4 is 10.1 Å². The van der Waals surface area contributed by atoms with E-state index in [2.05, 4.69) is 26.3 Å². The predicted octanol–water partition coefficient (Wildman–Crippen LogP) is 4.11. The van der Waals surface area contributed by atoms with Crippen molar-refractivity contribution in [3.8, 4) is 17.1 Å². The van der Waals surface area contributed by atoms with Crippen LogP contribution in [0, 0.1) is 0 Å². The molecule has 1 amide bonds. The third-order valence-electron chi connectivity index (χ3n) is 5.73. The second-order valence-electron chi connectivity index (χ2n) is 7.73. The third kappa shape index (κ3) is 5.09. The number of carbonyl (C=O) groups excluding carboxylic acids is 1. The van der Waals surface area contributed by atoms with Crippen LogP contribution in [0.1, 0.15) is 41.2 Å². The van der Waals surface area contributed by atoms with Gasteiger partial charge in [-0.05, 0) is 32.0 Å². The van der Waals surface area contributed by atoms with Gasteiger partial charge in [-0.15, -0.1) is 0 Å². The minimum Gasteiger partial charge on any atom is -0.496 e. The first-order valence-electron chi connectivity index (χ1n) is 10.8. The summed E-state index contributed by atoms with van der Waals surface area (Å²) in [6.45, 7) is 2.54. The van der Waals surface area contributed by atoms with Gasteiger partial charge in [-0.25, -0.2) is 9.97 Å². The zero-order chi connectivity index (χ0) is 21.5. The number of amides is 1. The molecule has 2 heterocycles. The fourth-order valence-electron chi connectivity index (χ4n) is 4.08. The molecule has 31 heavy (non-hydrogen) atoms. The molecule has 1 atom stereocenters. The highest BCUT2D eigenvalue weighted by Crippen LogP contribution is 2.31. The summed E-state index contributed by atoms with van der Waals surface area (Å²) in [7, 11) is 1.69. The first kappa shape index (κ1) is 21.0. The Morgan fingerprint density at radius 1 is 1.00 bits per heavy atom. The van der Waals surface area contributed by atoms with Gasteiger partial charge in [-0.1, -0.05) is 55.0 Å². The fourth-order valence-corrected chi connectivity index (χ4v) is 4.08. The monoisotopic (exact) mass is 416 g/mol. The largest absolute Gasteiger partial charge is 0.496 e. The van der Waals surface area contributed by atoms with Gasteiger partial charge < -0.3 is 10.1 Å². The summed E-state index contributed by atoms with van der Waals surface area (Å²) in [5.74, 6) is 1.29. The maximum Gasteiger partial charge on any atom is 0.254 e. The van der Waals surface area contributed by atoms with E-state index >= 15 is 0 Å². The quantitative estimate of drug-likeness (QED) is 0.628. The van der Waals surface area contributed by atoms with E-state index in [1.807, 2.05) is 48.5 Å². The Balaban J connectivity index is 1.48. The van der Waals surface area contributed by atoms with Crippen molar-refractivity contribution in [1.29, 1.82) is 0 Å². The Morgan fingerprint density at radius 2 is 1.68 bits per heavy atom. The Bertz CT molecular complexity index is 986. The van der Waals surface area contributed by atoms with Gasteiger partial charge in [-0.2, -0.15) is 0 Å². The van der Waals surface area contributed by atoms with Crippen molar-refractivity contribution in [1.82, 2.24) is 20.2 Å². The molecule has 160 valence electrons. The summed E-state index contributed by atoms with van der Waals surface area (Å²) in [6.07, 6.45) is 6.78. The van der Waals surface area contributed by atoms with E-state index < -0.39 is 0 Å². The SMILES string of the molecule is COc1ccccc1C(CNC(=O)c1cnc(-c2ccccc2)nc1)N1CCCCC1. The summed E-state index contributed by atoms with van der Waals surface area (Å²) in [5.41, 5.74) is 2.48. The molecule has 0 bridgehead atoms. The number of likely N-dealkylation sites (tertiary alicyclic amines) is 1. The van der Waals surface area contributed by atoms with Crippen molar-refractivity contribution in [3.05, 3.63) is 78.1 Å². The van der Waals surface area contributed by atoms with Crippen molar-refractivity contribution < 1.29 is 9.53 Å². The number of carbonyl (C=O) groups is 1. The molecule has 0 aliphatic carbocycles. The van der Waals surface area contributed by atoms with E-state index in [0.29, 0.717) is 17.9 Å². The van der Waals surface area contributed by atoms with Gasteiger partial charge in [0.1, 0.15) is 5.75 Å². The average molecular weight is 417 g/mol. The van der Waals surface area contributed by atoms with E-state index in [4.69, 9.17) is 4.74 Å². The van der Waals surface area contributed by atoms with Crippen LogP contribution in [-0.2, 0) is 0 Å². The molecule has 0 spiro atoms. The zero-order valence-corrected chi connectivity index (χ0v) is 17.8. The van der Waals surface area contributed by atoms with Gasteiger partial charge in [0.15, 0.2) is 5.82 Å². The van der Waals surface area contributed by atoms with Gasteiger partial charge in [0.25, 0.3) is 5.91 Å². The maximum absolute atomic E-state index is 12.8. The lowest BCUT2D eigenvalue weighted by atomic mass is 10.0. The lowest BCUT2D eigenvalue weighted by molar-refractivity contribution is 0.0922. The topological polar surface area (TPSA) is 67.3 Å².